The van der Waals surface area contributed by atoms with E-state index in [0.29, 0.717) is 34.4 Å². The standard InChI is InChI=1S/C16H15N7O/c1-18-10-11(9-17)20-16-19-7-5-14(22-16)12-3-2-4-13(21-12)15-6-8-24-23-15/h2-10H,17H2,1H3,(H,19,20,22)/b11-9+,18-10?. The molecule has 3 heterocycles. The maximum atomic E-state index is 5.53. The molecule has 0 aliphatic carbocycles. The van der Waals surface area contributed by atoms with Crippen LogP contribution in [0.4, 0.5) is 5.95 Å². The lowest BCUT2D eigenvalue weighted by Gasteiger charge is -2.06. The number of allylic oxidation sites excluding steroid dienone is 1. The van der Waals surface area contributed by atoms with E-state index in [-0.39, 0.29) is 0 Å². The molecule has 0 fully saturated rings. The number of hydrogen-bond acceptors (Lipinski definition) is 8. The van der Waals surface area contributed by atoms with Crippen molar-refractivity contribution in [2.45, 2.75) is 0 Å². The number of rotatable bonds is 5. The van der Waals surface area contributed by atoms with Gasteiger partial charge in [0.25, 0.3) is 0 Å². The monoisotopic (exact) mass is 321 g/mol. The van der Waals surface area contributed by atoms with Crippen LogP contribution in [-0.4, -0.2) is 33.4 Å². The van der Waals surface area contributed by atoms with Crippen LogP contribution in [0.25, 0.3) is 22.8 Å². The largest absolute Gasteiger partial charge is 0.403 e. The second-order valence-corrected chi connectivity index (χ2v) is 4.69. The van der Waals surface area contributed by atoms with Gasteiger partial charge in [0.05, 0.1) is 22.8 Å². The van der Waals surface area contributed by atoms with Crippen molar-refractivity contribution in [3.05, 3.63) is 54.7 Å². The Hall–Kier alpha value is -3.55. The summed E-state index contributed by atoms with van der Waals surface area (Å²) in [4.78, 5) is 17.1. The molecule has 0 atom stereocenters. The predicted molar refractivity (Wildman–Crippen MR) is 91.1 cm³/mol. The number of pyridine rings is 1. The lowest BCUT2D eigenvalue weighted by atomic mass is 10.2. The molecule has 3 aromatic rings. The van der Waals surface area contributed by atoms with E-state index >= 15 is 0 Å². The van der Waals surface area contributed by atoms with Crippen LogP contribution >= 0.6 is 0 Å². The van der Waals surface area contributed by atoms with Gasteiger partial charge >= 0.3 is 0 Å². The minimum Gasteiger partial charge on any atom is -0.403 e. The average molecular weight is 321 g/mol. The van der Waals surface area contributed by atoms with Crippen molar-refractivity contribution >= 4 is 12.2 Å². The topological polar surface area (TPSA) is 115 Å². The van der Waals surface area contributed by atoms with E-state index < -0.39 is 0 Å². The third-order valence-electron chi connectivity index (χ3n) is 3.07. The fourth-order valence-corrected chi connectivity index (χ4v) is 2.01. The molecule has 3 aromatic heterocycles. The number of nitrogens with one attached hydrogen (secondary N) is 1. The molecular formula is C16H15N7O. The lowest BCUT2D eigenvalue weighted by molar-refractivity contribution is 0.422. The molecule has 3 N–H and O–H groups in total. The van der Waals surface area contributed by atoms with Gasteiger partial charge in [-0.3, -0.25) is 4.99 Å². The summed E-state index contributed by atoms with van der Waals surface area (Å²) >= 11 is 0. The maximum Gasteiger partial charge on any atom is 0.227 e. The Morgan fingerprint density at radius 2 is 1.92 bits per heavy atom. The second kappa shape index (κ2) is 7.14. The number of nitrogens with zero attached hydrogens (tertiary/aromatic N) is 5. The first-order valence-corrected chi connectivity index (χ1v) is 7.12. The third kappa shape index (κ3) is 3.43. The first-order valence-electron chi connectivity index (χ1n) is 7.12. The summed E-state index contributed by atoms with van der Waals surface area (Å²) in [6.07, 6.45) is 6.13. The Kier molecular flexibility index (Phi) is 4.57. The summed E-state index contributed by atoms with van der Waals surface area (Å²) in [5.41, 5.74) is 8.86. The van der Waals surface area contributed by atoms with Gasteiger partial charge in [-0.05, 0) is 18.2 Å². The Balaban J connectivity index is 1.90. The van der Waals surface area contributed by atoms with Gasteiger partial charge in [-0.25, -0.2) is 15.0 Å². The van der Waals surface area contributed by atoms with E-state index in [1.807, 2.05) is 18.2 Å². The van der Waals surface area contributed by atoms with Crippen LogP contribution < -0.4 is 11.1 Å². The first-order chi connectivity index (χ1) is 11.8. The fraction of sp³-hybridized carbons (Fsp3) is 0.0625. The normalized spacial score (nSPS) is 11.8. The molecule has 24 heavy (non-hydrogen) atoms. The summed E-state index contributed by atoms with van der Waals surface area (Å²) in [6.45, 7) is 0. The Bertz CT molecular complexity index is 872. The summed E-state index contributed by atoms with van der Waals surface area (Å²) in [5.74, 6) is 0.401. The number of anilines is 1. The van der Waals surface area contributed by atoms with Crippen LogP contribution in [0.1, 0.15) is 0 Å². The zero-order valence-electron chi connectivity index (χ0n) is 12.9. The Labute approximate surface area is 138 Å². The summed E-state index contributed by atoms with van der Waals surface area (Å²) < 4.78 is 4.86. The van der Waals surface area contributed by atoms with Crippen LogP contribution in [0, 0.1) is 0 Å². The molecule has 0 saturated heterocycles. The van der Waals surface area contributed by atoms with Crippen molar-refractivity contribution in [3.8, 4) is 22.8 Å². The fourth-order valence-electron chi connectivity index (χ4n) is 2.01. The third-order valence-corrected chi connectivity index (χ3v) is 3.07. The second-order valence-electron chi connectivity index (χ2n) is 4.69. The van der Waals surface area contributed by atoms with E-state index in [0.717, 1.165) is 0 Å². The highest BCUT2D eigenvalue weighted by Gasteiger charge is 2.08. The van der Waals surface area contributed by atoms with E-state index in [9.17, 15) is 0 Å². The van der Waals surface area contributed by atoms with Crippen molar-refractivity contribution in [1.29, 1.82) is 0 Å². The Morgan fingerprint density at radius 1 is 1.12 bits per heavy atom. The molecule has 0 aliphatic rings. The van der Waals surface area contributed by atoms with Gasteiger partial charge in [-0.15, -0.1) is 0 Å². The van der Waals surface area contributed by atoms with Gasteiger partial charge in [-0.1, -0.05) is 11.2 Å². The van der Waals surface area contributed by atoms with Gasteiger partial charge in [0.15, 0.2) is 0 Å². The van der Waals surface area contributed by atoms with Crippen LogP contribution in [0.3, 0.4) is 0 Å². The van der Waals surface area contributed by atoms with Gasteiger partial charge in [-0.2, -0.15) is 0 Å². The highest BCUT2D eigenvalue weighted by atomic mass is 16.5. The van der Waals surface area contributed by atoms with E-state index in [4.69, 9.17) is 10.3 Å². The number of aliphatic imine (C=N–C) groups is 1. The maximum absolute atomic E-state index is 5.53. The van der Waals surface area contributed by atoms with Crippen LogP contribution in [-0.2, 0) is 0 Å². The van der Waals surface area contributed by atoms with Gasteiger partial charge in [0.1, 0.15) is 12.0 Å². The molecule has 0 bridgehead atoms. The molecule has 0 amide bonds. The van der Waals surface area contributed by atoms with E-state index in [1.54, 1.807) is 31.6 Å². The minimum absolute atomic E-state index is 0.401. The minimum atomic E-state index is 0.401. The molecule has 0 radical (unpaired) electrons. The van der Waals surface area contributed by atoms with Crippen LogP contribution in [0.2, 0.25) is 0 Å². The van der Waals surface area contributed by atoms with Crippen molar-refractivity contribution in [1.82, 2.24) is 20.1 Å². The van der Waals surface area contributed by atoms with Gasteiger partial charge in [0.2, 0.25) is 5.95 Å². The first kappa shape index (κ1) is 15.3. The van der Waals surface area contributed by atoms with Crippen LogP contribution in [0.5, 0.6) is 0 Å². The molecule has 120 valence electrons. The molecule has 3 rings (SSSR count). The number of nitrogens with two attached hydrogens (primary N) is 1. The van der Waals surface area contributed by atoms with Crippen molar-refractivity contribution < 1.29 is 4.52 Å². The number of hydrogen-bond donors (Lipinski definition) is 2. The molecule has 0 unspecified atom stereocenters. The predicted octanol–water partition coefficient (Wildman–Crippen LogP) is 2.11. The van der Waals surface area contributed by atoms with Crippen molar-refractivity contribution in [3.63, 3.8) is 0 Å². The zero-order chi connectivity index (χ0) is 16.8. The van der Waals surface area contributed by atoms with E-state index in [1.165, 1.54) is 12.5 Å². The molecule has 0 saturated carbocycles. The summed E-state index contributed by atoms with van der Waals surface area (Å²) in [7, 11) is 1.65. The Morgan fingerprint density at radius 3 is 2.62 bits per heavy atom. The molecule has 8 nitrogen and oxygen atoms in total. The molecule has 0 aliphatic heterocycles. The smallest absolute Gasteiger partial charge is 0.227 e. The van der Waals surface area contributed by atoms with E-state index in [2.05, 4.69) is 30.4 Å². The quantitative estimate of drug-likeness (QED) is 0.691. The van der Waals surface area contributed by atoms with Gasteiger partial charge in [0, 0.05) is 31.7 Å². The lowest BCUT2D eigenvalue weighted by Crippen LogP contribution is -2.07. The molecule has 8 heteroatoms. The zero-order valence-corrected chi connectivity index (χ0v) is 12.9. The SMILES string of the molecule is CN=C/C(=C\N)Nc1nccc(-c2cccc(-c3ccon3)n2)n1. The van der Waals surface area contributed by atoms with Crippen molar-refractivity contribution in [2.75, 3.05) is 12.4 Å². The number of aromatic nitrogens is 4. The molecular weight excluding hydrogens is 306 g/mol. The summed E-state index contributed by atoms with van der Waals surface area (Å²) in [5, 5.41) is 6.88. The highest BCUT2D eigenvalue weighted by Crippen LogP contribution is 2.20. The highest BCUT2D eigenvalue weighted by molar-refractivity contribution is 5.82. The molecule has 0 aromatic carbocycles. The van der Waals surface area contributed by atoms with Crippen molar-refractivity contribution in [2.24, 2.45) is 10.7 Å². The summed E-state index contributed by atoms with van der Waals surface area (Å²) in [6, 6.07) is 9.13. The van der Waals surface area contributed by atoms with Crippen LogP contribution in [0.15, 0.2) is 64.2 Å². The van der Waals surface area contributed by atoms with Gasteiger partial charge < -0.3 is 15.6 Å². The average Bonchev–Trinajstić information content (AvgIpc) is 3.16. The molecule has 0 spiro atoms.